The molecule has 0 N–H and O–H groups in total. The van der Waals surface area contributed by atoms with Gasteiger partial charge in [-0.2, -0.15) is 0 Å². The summed E-state index contributed by atoms with van der Waals surface area (Å²) in [5, 5.41) is 0. The molecule has 0 spiro atoms. The summed E-state index contributed by atoms with van der Waals surface area (Å²) in [6.07, 6.45) is 10.1. The van der Waals surface area contributed by atoms with Gasteiger partial charge in [0.05, 0.1) is 0 Å². The lowest BCUT2D eigenvalue weighted by molar-refractivity contribution is -0.144. The third-order valence-corrected chi connectivity index (χ3v) is 5.14. The molecule has 1 aliphatic carbocycles. The fraction of sp³-hybridized carbons (Fsp3) is 0.700. The minimum Gasteiger partial charge on any atom is -0.356 e. The fourth-order valence-corrected chi connectivity index (χ4v) is 3.74. The van der Waals surface area contributed by atoms with Gasteiger partial charge in [0.15, 0.2) is 6.29 Å². The van der Waals surface area contributed by atoms with E-state index in [9.17, 15) is 0 Å². The van der Waals surface area contributed by atoms with Crippen molar-refractivity contribution in [1.29, 1.82) is 0 Å². The van der Waals surface area contributed by atoms with Crippen molar-refractivity contribution in [2.75, 3.05) is 14.2 Å². The number of benzene rings is 1. The lowest BCUT2D eigenvalue weighted by Gasteiger charge is -2.32. The van der Waals surface area contributed by atoms with Crippen LogP contribution in [0.3, 0.4) is 0 Å². The molecule has 0 radical (unpaired) electrons. The van der Waals surface area contributed by atoms with Gasteiger partial charge in [-0.15, -0.1) is 0 Å². The van der Waals surface area contributed by atoms with Crippen LogP contribution in [0.5, 0.6) is 0 Å². The molecular weight excluding hydrogens is 272 g/mol. The molecular formula is C20H32O2. The number of rotatable bonds is 8. The van der Waals surface area contributed by atoms with E-state index >= 15 is 0 Å². The van der Waals surface area contributed by atoms with Crippen molar-refractivity contribution >= 4 is 0 Å². The predicted molar refractivity (Wildman–Crippen MR) is 92.2 cm³/mol. The summed E-state index contributed by atoms with van der Waals surface area (Å²) in [7, 11) is 3.50. The van der Waals surface area contributed by atoms with E-state index in [-0.39, 0.29) is 6.29 Å². The Labute approximate surface area is 136 Å². The van der Waals surface area contributed by atoms with E-state index in [1.807, 2.05) is 0 Å². The van der Waals surface area contributed by atoms with E-state index in [1.165, 1.54) is 62.5 Å². The van der Waals surface area contributed by atoms with Crippen LogP contribution in [0.15, 0.2) is 24.3 Å². The van der Waals surface area contributed by atoms with E-state index in [0.29, 0.717) is 5.92 Å². The number of methoxy groups -OCH3 is 2. The van der Waals surface area contributed by atoms with Crippen LogP contribution in [0.25, 0.3) is 0 Å². The van der Waals surface area contributed by atoms with E-state index < -0.39 is 0 Å². The molecule has 0 bridgehead atoms. The molecule has 22 heavy (non-hydrogen) atoms. The lowest BCUT2D eigenvalue weighted by Crippen LogP contribution is -2.28. The summed E-state index contributed by atoms with van der Waals surface area (Å²) in [6.45, 7) is 2.26. The number of hydrogen-bond acceptors (Lipinski definition) is 2. The van der Waals surface area contributed by atoms with Crippen LogP contribution in [0, 0.1) is 5.92 Å². The van der Waals surface area contributed by atoms with E-state index in [1.54, 1.807) is 14.2 Å². The van der Waals surface area contributed by atoms with Crippen molar-refractivity contribution in [1.82, 2.24) is 0 Å². The second kappa shape index (κ2) is 9.32. The highest BCUT2D eigenvalue weighted by molar-refractivity contribution is 5.26. The molecule has 0 unspecified atom stereocenters. The van der Waals surface area contributed by atoms with E-state index in [4.69, 9.17) is 9.47 Å². The number of unbranched alkanes of at least 4 members (excludes halogenated alkanes) is 2. The third kappa shape index (κ3) is 4.82. The zero-order valence-electron chi connectivity index (χ0n) is 14.5. The van der Waals surface area contributed by atoms with Crippen molar-refractivity contribution in [3.63, 3.8) is 0 Å². The monoisotopic (exact) mass is 304 g/mol. The fourth-order valence-electron chi connectivity index (χ4n) is 3.74. The SMILES string of the molecule is CCCCCc1ccc(C2CCC(C(OC)OC)CC2)cc1. The zero-order valence-corrected chi connectivity index (χ0v) is 14.5. The Hall–Kier alpha value is -0.860. The zero-order chi connectivity index (χ0) is 15.8. The van der Waals surface area contributed by atoms with Crippen molar-refractivity contribution < 1.29 is 9.47 Å². The first-order valence-corrected chi connectivity index (χ1v) is 8.92. The first-order chi connectivity index (χ1) is 10.8. The average molecular weight is 304 g/mol. The van der Waals surface area contributed by atoms with Crippen LogP contribution in [-0.4, -0.2) is 20.5 Å². The number of hydrogen-bond donors (Lipinski definition) is 0. The van der Waals surface area contributed by atoms with Gasteiger partial charge in [-0.25, -0.2) is 0 Å². The Morgan fingerprint density at radius 3 is 2.14 bits per heavy atom. The maximum Gasteiger partial charge on any atom is 0.159 e. The summed E-state index contributed by atoms with van der Waals surface area (Å²) < 4.78 is 10.8. The van der Waals surface area contributed by atoms with Crippen LogP contribution >= 0.6 is 0 Å². The highest BCUT2D eigenvalue weighted by Crippen LogP contribution is 2.37. The van der Waals surface area contributed by atoms with Gasteiger partial charge in [0.25, 0.3) is 0 Å². The molecule has 1 aliphatic rings. The van der Waals surface area contributed by atoms with Crippen LogP contribution in [0.2, 0.25) is 0 Å². The van der Waals surface area contributed by atoms with Gasteiger partial charge in [-0.05, 0) is 55.6 Å². The maximum atomic E-state index is 5.42. The average Bonchev–Trinajstić information content (AvgIpc) is 2.58. The van der Waals surface area contributed by atoms with Gasteiger partial charge in [-0.3, -0.25) is 0 Å². The van der Waals surface area contributed by atoms with Gasteiger partial charge in [0, 0.05) is 20.1 Å². The summed E-state index contributed by atoms with van der Waals surface area (Å²) in [5.74, 6) is 1.27. The van der Waals surface area contributed by atoms with Crippen molar-refractivity contribution in [3.8, 4) is 0 Å². The second-order valence-corrected chi connectivity index (χ2v) is 6.65. The van der Waals surface area contributed by atoms with E-state index in [0.717, 1.165) is 5.92 Å². The van der Waals surface area contributed by atoms with Crippen LogP contribution in [-0.2, 0) is 15.9 Å². The molecule has 124 valence electrons. The molecule has 0 amide bonds. The molecule has 0 aromatic heterocycles. The Morgan fingerprint density at radius 1 is 0.955 bits per heavy atom. The van der Waals surface area contributed by atoms with Gasteiger partial charge in [-0.1, -0.05) is 44.0 Å². The summed E-state index contributed by atoms with van der Waals surface area (Å²) in [4.78, 5) is 0. The standard InChI is InChI=1S/C20H32O2/c1-4-5-6-7-16-8-10-17(11-9-16)18-12-14-19(15-13-18)20(21-2)22-3/h8-11,18-20H,4-7,12-15H2,1-3H3. The normalized spacial score (nSPS) is 22.2. The molecule has 0 aliphatic heterocycles. The molecule has 2 rings (SSSR count). The first-order valence-electron chi connectivity index (χ1n) is 8.92. The topological polar surface area (TPSA) is 18.5 Å². The summed E-state index contributed by atoms with van der Waals surface area (Å²) >= 11 is 0. The van der Waals surface area contributed by atoms with Gasteiger partial charge in [0.1, 0.15) is 0 Å². The van der Waals surface area contributed by atoms with Crippen molar-refractivity contribution in [2.24, 2.45) is 5.92 Å². The largest absolute Gasteiger partial charge is 0.356 e. The number of ether oxygens (including phenoxy) is 2. The third-order valence-electron chi connectivity index (χ3n) is 5.14. The Balaban J connectivity index is 1.83. The second-order valence-electron chi connectivity index (χ2n) is 6.65. The van der Waals surface area contributed by atoms with Crippen LogP contribution in [0.4, 0.5) is 0 Å². The molecule has 0 heterocycles. The van der Waals surface area contributed by atoms with Gasteiger partial charge < -0.3 is 9.47 Å². The summed E-state index contributed by atoms with van der Waals surface area (Å²) in [5.41, 5.74) is 3.01. The predicted octanol–water partition coefficient (Wildman–Crippen LogP) is 5.31. The maximum absolute atomic E-state index is 5.42. The van der Waals surface area contributed by atoms with Crippen molar-refractivity contribution in [3.05, 3.63) is 35.4 Å². The van der Waals surface area contributed by atoms with Crippen LogP contribution < -0.4 is 0 Å². The Morgan fingerprint density at radius 2 is 1.59 bits per heavy atom. The first kappa shape index (κ1) is 17.5. The minimum absolute atomic E-state index is 0.0260. The molecule has 1 aromatic carbocycles. The number of aryl methyl sites for hydroxylation is 1. The molecule has 2 nitrogen and oxygen atoms in total. The quantitative estimate of drug-likeness (QED) is 0.478. The van der Waals surface area contributed by atoms with Gasteiger partial charge >= 0.3 is 0 Å². The smallest absolute Gasteiger partial charge is 0.159 e. The molecule has 0 atom stereocenters. The van der Waals surface area contributed by atoms with Gasteiger partial charge in [0.2, 0.25) is 0 Å². The Bertz CT molecular complexity index is 400. The molecule has 1 saturated carbocycles. The molecule has 0 saturated heterocycles. The van der Waals surface area contributed by atoms with E-state index in [2.05, 4.69) is 31.2 Å². The van der Waals surface area contributed by atoms with Crippen molar-refractivity contribution in [2.45, 2.75) is 70.5 Å². The highest BCUT2D eigenvalue weighted by Gasteiger charge is 2.28. The highest BCUT2D eigenvalue weighted by atomic mass is 16.7. The summed E-state index contributed by atoms with van der Waals surface area (Å²) in [6, 6.07) is 9.39. The van der Waals surface area contributed by atoms with Crippen LogP contribution in [0.1, 0.15) is 68.9 Å². The molecule has 2 heteroatoms. The Kier molecular flexibility index (Phi) is 7.41. The molecule has 1 fully saturated rings. The minimum atomic E-state index is -0.0260. The molecule has 1 aromatic rings. The lowest BCUT2D eigenvalue weighted by atomic mass is 9.78.